The van der Waals surface area contributed by atoms with E-state index < -0.39 is 0 Å². The van der Waals surface area contributed by atoms with Crippen LogP contribution in [0, 0.1) is 0 Å². The van der Waals surface area contributed by atoms with E-state index in [4.69, 9.17) is 11.6 Å². The number of hydrogen-bond acceptors (Lipinski definition) is 2. The van der Waals surface area contributed by atoms with E-state index in [1.54, 1.807) is 6.07 Å². The van der Waals surface area contributed by atoms with Crippen LogP contribution in [-0.4, -0.2) is 11.7 Å². The molecule has 76 valence electrons. The van der Waals surface area contributed by atoms with Crippen LogP contribution in [0.5, 0.6) is 0 Å². The Kier molecular flexibility index (Phi) is 4.84. The first-order valence-electron chi connectivity index (χ1n) is 4.34. The van der Waals surface area contributed by atoms with Gasteiger partial charge in [-0.25, -0.2) is 0 Å². The second-order valence-corrected chi connectivity index (χ2v) is 3.76. The standard InChI is InChI=1S/C10H12ClNOS/c11-9-3-1-2-8(6-9)7-12-10(13)4-5-14/h1-3,6,14H,4-5,7H2,(H,12,13). The number of carbonyl (C=O) groups excluding carboxylic acids is 1. The third-order valence-corrected chi connectivity index (χ3v) is 2.18. The highest BCUT2D eigenvalue weighted by Gasteiger charge is 1.99. The molecule has 1 rings (SSSR count). The Morgan fingerprint density at radius 2 is 2.29 bits per heavy atom. The second kappa shape index (κ2) is 5.94. The van der Waals surface area contributed by atoms with Gasteiger partial charge >= 0.3 is 0 Å². The predicted molar refractivity (Wildman–Crippen MR) is 61.8 cm³/mol. The molecule has 1 amide bonds. The minimum atomic E-state index is 0.0139. The van der Waals surface area contributed by atoms with Gasteiger partial charge in [-0.3, -0.25) is 4.79 Å². The highest BCUT2D eigenvalue weighted by atomic mass is 35.5. The lowest BCUT2D eigenvalue weighted by atomic mass is 10.2. The van der Waals surface area contributed by atoms with Gasteiger partial charge in [-0.05, 0) is 23.4 Å². The van der Waals surface area contributed by atoms with Crippen molar-refractivity contribution >= 4 is 30.1 Å². The van der Waals surface area contributed by atoms with Crippen LogP contribution in [0.25, 0.3) is 0 Å². The van der Waals surface area contributed by atoms with Crippen LogP contribution >= 0.6 is 24.2 Å². The summed E-state index contributed by atoms with van der Waals surface area (Å²) in [4.78, 5) is 11.1. The molecule has 4 heteroatoms. The molecule has 0 aliphatic rings. The first-order chi connectivity index (χ1) is 6.72. The van der Waals surface area contributed by atoms with E-state index in [2.05, 4.69) is 17.9 Å². The molecule has 0 fully saturated rings. The Morgan fingerprint density at radius 1 is 1.50 bits per heavy atom. The maximum atomic E-state index is 11.1. The first kappa shape index (κ1) is 11.4. The molecule has 2 nitrogen and oxygen atoms in total. The van der Waals surface area contributed by atoms with Crippen LogP contribution < -0.4 is 5.32 Å². The van der Waals surface area contributed by atoms with Crippen molar-refractivity contribution in [3.05, 3.63) is 34.9 Å². The Labute approximate surface area is 94.1 Å². The monoisotopic (exact) mass is 229 g/mol. The van der Waals surface area contributed by atoms with Gasteiger partial charge in [0.15, 0.2) is 0 Å². The molecule has 0 atom stereocenters. The fourth-order valence-electron chi connectivity index (χ4n) is 1.04. The van der Waals surface area contributed by atoms with Gasteiger partial charge in [0.2, 0.25) is 5.91 Å². The average Bonchev–Trinajstić information content (AvgIpc) is 2.15. The van der Waals surface area contributed by atoms with Crippen molar-refractivity contribution in [3.8, 4) is 0 Å². The number of benzene rings is 1. The van der Waals surface area contributed by atoms with Crippen LogP contribution in [-0.2, 0) is 11.3 Å². The van der Waals surface area contributed by atoms with Crippen molar-refractivity contribution < 1.29 is 4.79 Å². The Bertz CT molecular complexity index is 317. The lowest BCUT2D eigenvalue weighted by Crippen LogP contribution is -2.22. The molecule has 0 spiro atoms. The Balaban J connectivity index is 2.41. The highest BCUT2D eigenvalue weighted by molar-refractivity contribution is 7.80. The lowest BCUT2D eigenvalue weighted by molar-refractivity contribution is -0.120. The molecule has 1 aromatic carbocycles. The SMILES string of the molecule is O=C(CCS)NCc1cccc(Cl)c1. The van der Waals surface area contributed by atoms with Crippen LogP contribution in [0.3, 0.4) is 0 Å². The number of amides is 1. The van der Waals surface area contributed by atoms with Crippen molar-refractivity contribution in [3.63, 3.8) is 0 Å². The highest BCUT2D eigenvalue weighted by Crippen LogP contribution is 2.10. The summed E-state index contributed by atoms with van der Waals surface area (Å²) in [5, 5.41) is 3.47. The van der Waals surface area contributed by atoms with Crippen molar-refractivity contribution in [2.45, 2.75) is 13.0 Å². The number of thiol groups is 1. The lowest BCUT2D eigenvalue weighted by Gasteiger charge is -2.04. The summed E-state index contributed by atoms with van der Waals surface area (Å²) < 4.78 is 0. The number of carbonyl (C=O) groups is 1. The van der Waals surface area contributed by atoms with E-state index in [9.17, 15) is 4.79 Å². The summed E-state index contributed by atoms with van der Waals surface area (Å²) in [6, 6.07) is 7.43. The summed E-state index contributed by atoms with van der Waals surface area (Å²) in [6.07, 6.45) is 0.448. The molecule has 0 heterocycles. The molecule has 0 radical (unpaired) electrons. The quantitative estimate of drug-likeness (QED) is 0.763. The number of rotatable bonds is 4. The summed E-state index contributed by atoms with van der Waals surface area (Å²) in [6.45, 7) is 0.521. The Morgan fingerprint density at radius 3 is 2.93 bits per heavy atom. The van der Waals surface area contributed by atoms with Crippen LogP contribution in [0.2, 0.25) is 5.02 Å². The van der Waals surface area contributed by atoms with Gasteiger partial charge in [0.25, 0.3) is 0 Å². The van der Waals surface area contributed by atoms with Crippen LogP contribution in [0.4, 0.5) is 0 Å². The molecule has 0 unspecified atom stereocenters. The molecule has 0 bridgehead atoms. The topological polar surface area (TPSA) is 29.1 Å². The van der Waals surface area contributed by atoms with Crippen molar-refractivity contribution in [1.29, 1.82) is 0 Å². The largest absolute Gasteiger partial charge is 0.352 e. The smallest absolute Gasteiger partial charge is 0.221 e. The minimum absolute atomic E-state index is 0.0139. The van der Waals surface area contributed by atoms with Crippen LogP contribution in [0.15, 0.2) is 24.3 Å². The molecule has 0 aliphatic heterocycles. The van der Waals surface area contributed by atoms with E-state index in [1.165, 1.54) is 0 Å². The van der Waals surface area contributed by atoms with E-state index in [0.717, 1.165) is 5.56 Å². The molecule has 0 aromatic heterocycles. The first-order valence-corrected chi connectivity index (χ1v) is 5.35. The fourth-order valence-corrected chi connectivity index (χ4v) is 1.45. The molecule has 0 saturated heterocycles. The fraction of sp³-hybridized carbons (Fsp3) is 0.300. The molecule has 1 N–H and O–H groups in total. The number of nitrogens with one attached hydrogen (secondary N) is 1. The maximum absolute atomic E-state index is 11.1. The van der Waals surface area contributed by atoms with Gasteiger partial charge in [0.1, 0.15) is 0 Å². The van der Waals surface area contributed by atoms with Gasteiger partial charge in [0, 0.05) is 18.0 Å². The number of hydrogen-bond donors (Lipinski definition) is 2. The molecule has 0 saturated carbocycles. The molecular formula is C10H12ClNOS. The molecule has 14 heavy (non-hydrogen) atoms. The Hall–Kier alpha value is -0.670. The van der Waals surface area contributed by atoms with E-state index >= 15 is 0 Å². The summed E-state index contributed by atoms with van der Waals surface area (Å²) in [5.74, 6) is 0.585. The normalized spacial score (nSPS) is 9.86. The van der Waals surface area contributed by atoms with Gasteiger partial charge in [0.05, 0.1) is 0 Å². The predicted octanol–water partition coefficient (Wildman–Crippen LogP) is 2.28. The van der Waals surface area contributed by atoms with Crippen LogP contribution in [0.1, 0.15) is 12.0 Å². The van der Waals surface area contributed by atoms with Gasteiger partial charge in [-0.15, -0.1) is 0 Å². The van der Waals surface area contributed by atoms with Crippen molar-refractivity contribution in [2.75, 3.05) is 5.75 Å². The summed E-state index contributed by atoms with van der Waals surface area (Å²) in [7, 11) is 0. The van der Waals surface area contributed by atoms with Gasteiger partial charge in [-0.2, -0.15) is 12.6 Å². The van der Waals surface area contributed by atoms with Gasteiger partial charge in [-0.1, -0.05) is 23.7 Å². The molecular weight excluding hydrogens is 218 g/mol. The summed E-state index contributed by atoms with van der Waals surface area (Å²) in [5.41, 5.74) is 1.00. The van der Waals surface area contributed by atoms with Gasteiger partial charge < -0.3 is 5.32 Å². The van der Waals surface area contributed by atoms with E-state index in [-0.39, 0.29) is 5.91 Å². The third kappa shape index (κ3) is 4.03. The summed E-state index contributed by atoms with van der Waals surface area (Å²) >= 11 is 9.77. The second-order valence-electron chi connectivity index (χ2n) is 2.88. The number of halogens is 1. The zero-order chi connectivity index (χ0) is 10.4. The molecule has 1 aromatic rings. The zero-order valence-electron chi connectivity index (χ0n) is 7.66. The average molecular weight is 230 g/mol. The van der Waals surface area contributed by atoms with E-state index in [1.807, 2.05) is 18.2 Å². The zero-order valence-corrected chi connectivity index (χ0v) is 9.31. The van der Waals surface area contributed by atoms with Crippen molar-refractivity contribution in [2.24, 2.45) is 0 Å². The minimum Gasteiger partial charge on any atom is -0.352 e. The van der Waals surface area contributed by atoms with Crippen molar-refractivity contribution in [1.82, 2.24) is 5.32 Å². The van der Waals surface area contributed by atoms with E-state index in [0.29, 0.717) is 23.7 Å². The maximum Gasteiger partial charge on any atom is 0.221 e. The molecule has 0 aliphatic carbocycles. The third-order valence-electron chi connectivity index (χ3n) is 1.72.